The van der Waals surface area contributed by atoms with Crippen LogP contribution in [0, 0.1) is 0 Å². The van der Waals surface area contributed by atoms with Crippen molar-refractivity contribution in [2.45, 2.75) is 13.8 Å². The summed E-state index contributed by atoms with van der Waals surface area (Å²) in [7, 11) is 1.53. The fourth-order valence-corrected chi connectivity index (χ4v) is 4.13. The Labute approximate surface area is 229 Å². The fraction of sp³-hybridized carbons (Fsp3) is 0.143. The number of hydrogen-bond acceptors (Lipinski definition) is 6. The van der Waals surface area contributed by atoms with E-state index in [2.05, 4.69) is 20.9 Å². The molecule has 0 unspecified atom stereocenters. The smallest absolute Gasteiger partial charge is 0.357 e. The third-order valence-corrected chi connectivity index (χ3v) is 5.75. The van der Waals surface area contributed by atoms with Crippen molar-refractivity contribution in [3.05, 3.63) is 83.6 Å². The van der Waals surface area contributed by atoms with Gasteiger partial charge in [0.15, 0.2) is 5.69 Å². The van der Waals surface area contributed by atoms with Crippen LogP contribution in [0.25, 0.3) is 16.9 Å². The average Bonchev–Trinajstić information content (AvgIpc) is 3.24. The highest BCUT2D eigenvalue weighted by molar-refractivity contribution is 6.31. The predicted octanol–water partition coefficient (Wildman–Crippen LogP) is 5.98. The van der Waals surface area contributed by atoms with Crippen LogP contribution < -0.4 is 20.7 Å². The first-order valence-corrected chi connectivity index (χ1v) is 12.3. The zero-order valence-corrected chi connectivity index (χ0v) is 22.2. The van der Waals surface area contributed by atoms with Gasteiger partial charge in [0, 0.05) is 36.0 Å². The molecule has 4 rings (SSSR count). The van der Waals surface area contributed by atoms with Crippen LogP contribution >= 0.6 is 11.6 Å². The number of aromatic nitrogens is 2. The van der Waals surface area contributed by atoms with Gasteiger partial charge in [-0.2, -0.15) is 0 Å². The summed E-state index contributed by atoms with van der Waals surface area (Å²) in [6.07, 6.45) is 0. The summed E-state index contributed by atoms with van der Waals surface area (Å²) in [6.45, 7) is 3.23. The highest BCUT2D eigenvalue weighted by atomic mass is 35.5. The number of anilines is 3. The van der Waals surface area contributed by atoms with Gasteiger partial charge in [-0.1, -0.05) is 35.9 Å². The molecule has 0 atom stereocenters. The minimum Gasteiger partial charge on any atom is -0.497 e. The molecule has 0 saturated heterocycles. The molecule has 11 heteroatoms. The number of ether oxygens (including phenoxy) is 2. The van der Waals surface area contributed by atoms with Crippen LogP contribution in [0.1, 0.15) is 24.3 Å². The van der Waals surface area contributed by atoms with E-state index in [9.17, 15) is 14.4 Å². The summed E-state index contributed by atoms with van der Waals surface area (Å²) in [5.74, 6) is 0.139. The van der Waals surface area contributed by atoms with Gasteiger partial charge in [0.2, 0.25) is 5.91 Å². The first-order chi connectivity index (χ1) is 18.8. The van der Waals surface area contributed by atoms with Crippen LogP contribution in [0.3, 0.4) is 0 Å². The number of nitrogens with one attached hydrogen (secondary N) is 3. The number of hydrogen-bond donors (Lipinski definition) is 3. The van der Waals surface area contributed by atoms with E-state index in [1.807, 2.05) is 18.2 Å². The summed E-state index contributed by atoms with van der Waals surface area (Å²) >= 11 is 6.55. The number of urea groups is 1. The number of pyridine rings is 1. The Kier molecular flexibility index (Phi) is 8.47. The van der Waals surface area contributed by atoms with Crippen molar-refractivity contribution in [1.29, 1.82) is 0 Å². The number of rotatable bonds is 8. The quantitative estimate of drug-likeness (QED) is 0.233. The lowest BCUT2D eigenvalue weighted by molar-refractivity contribution is -0.114. The van der Waals surface area contributed by atoms with E-state index in [-0.39, 0.29) is 29.0 Å². The number of amides is 3. The van der Waals surface area contributed by atoms with Crippen molar-refractivity contribution < 1.29 is 23.9 Å². The Bertz CT molecular complexity index is 1520. The second-order valence-corrected chi connectivity index (χ2v) is 8.62. The molecule has 0 radical (unpaired) electrons. The molecule has 4 aromatic rings. The number of methoxy groups -OCH3 is 1. The molecule has 10 nitrogen and oxygen atoms in total. The van der Waals surface area contributed by atoms with Crippen LogP contribution in [-0.2, 0) is 9.53 Å². The summed E-state index contributed by atoms with van der Waals surface area (Å²) in [4.78, 5) is 41.6. The number of benzene rings is 2. The van der Waals surface area contributed by atoms with Gasteiger partial charge in [0.1, 0.15) is 16.7 Å². The Hall–Kier alpha value is -4.83. The average molecular weight is 548 g/mol. The van der Waals surface area contributed by atoms with Gasteiger partial charge in [0.25, 0.3) is 0 Å². The second kappa shape index (κ2) is 12.1. The van der Waals surface area contributed by atoms with Gasteiger partial charge in [0.05, 0.1) is 25.1 Å². The molecule has 3 N–H and O–H groups in total. The molecule has 0 saturated carbocycles. The first kappa shape index (κ1) is 27.2. The minimum absolute atomic E-state index is 0.0566. The van der Waals surface area contributed by atoms with Gasteiger partial charge >= 0.3 is 12.0 Å². The van der Waals surface area contributed by atoms with Crippen molar-refractivity contribution >= 4 is 46.7 Å². The fourth-order valence-electron chi connectivity index (χ4n) is 3.84. The third kappa shape index (κ3) is 6.55. The summed E-state index contributed by atoms with van der Waals surface area (Å²) in [6, 6.07) is 20.2. The Morgan fingerprint density at radius 1 is 0.949 bits per heavy atom. The van der Waals surface area contributed by atoms with E-state index in [4.69, 9.17) is 21.1 Å². The predicted molar refractivity (Wildman–Crippen MR) is 150 cm³/mol. The monoisotopic (exact) mass is 547 g/mol. The maximum absolute atomic E-state index is 13.0. The number of esters is 1. The van der Waals surface area contributed by atoms with E-state index in [1.165, 1.54) is 24.7 Å². The molecule has 2 aromatic carbocycles. The van der Waals surface area contributed by atoms with Crippen LogP contribution in [0.5, 0.6) is 5.75 Å². The molecule has 2 aromatic heterocycles. The molecule has 0 bridgehead atoms. The van der Waals surface area contributed by atoms with Gasteiger partial charge in [-0.25, -0.2) is 14.6 Å². The van der Waals surface area contributed by atoms with E-state index in [0.717, 1.165) is 5.56 Å². The summed E-state index contributed by atoms with van der Waals surface area (Å²) < 4.78 is 11.9. The molecule has 3 amide bonds. The third-order valence-electron chi connectivity index (χ3n) is 5.47. The Morgan fingerprint density at radius 2 is 1.69 bits per heavy atom. The van der Waals surface area contributed by atoms with Gasteiger partial charge < -0.3 is 25.4 Å². The molecule has 0 aliphatic rings. The van der Waals surface area contributed by atoms with Gasteiger partial charge in [-0.15, -0.1) is 0 Å². The highest BCUT2D eigenvalue weighted by Crippen LogP contribution is 2.31. The highest BCUT2D eigenvalue weighted by Gasteiger charge is 2.24. The van der Waals surface area contributed by atoms with Crippen LogP contribution in [-0.4, -0.2) is 41.2 Å². The number of carbonyl (C=O) groups is 3. The van der Waals surface area contributed by atoms with Crippen molar-refractivity contribution in [1.82, 2.24) is 9.55 Å². The SMILES string of the molecule is CCOC(=O)c1c(NC(=O)Nc2cccc(OC)c2)cc(Cl)n1-c1ccc(-c2cccc(NC(C)=O)n2)cc1. The van der Waals surface area contributed by atoms with E-state index >= 15 is 0 Å². The summed E-state index contributed by atoms with van der Waals surface area (Å²) in [5, 5.41) is 8.24. The minimum atomic E-state index is -0.658. The zero-order chi connectivity index (χ0) is 27.9. The number of nitrogens with zero attached hydrogens (tertiary/aromatic N) is 2. The molecule has 0 aliphatic carbocycles. The molecular formula is C28H26ClN5O5. The first-order valence-electron chi connectivity index (χ1n) is 11.9. The molecular weight excluding hydrogens is 522 g/mol. The molecule has 200 valence electrons. The van der Waals surface area contributed by atoms with Crippen molar-refractivity contribution in [2.75, 3.05) is 29.7 Å². The maximum Gasteiger partial charge on any atom is 0.357 e. The van der Waals surface area contributed by atoms with Crippen LogP contribution in [0.4, 0.5) is 22.0 Å². The van der Waals surface area contributed by atoms with Crippen molar-refractivity contribution in [3.63, 3.8) is 0 Å². The topological polar surface area (TPSA) is 124 Å². The largest absolute Gasteiger partial charge is 0.497 e. The molecule has 0 aliphatic heterocycles. The van der Waals surface area contributed by atoms with Crippen LogP contribution in [0.2, 0.25) is 5.15 Å². The van der Waals surface area contributed by atoms with Crippen LogP contribution in [0.15, 0.2) is 72.8 Å². The maximum atomic E-state index is 13.0. The van der Waals surface area contributed by atoms with E-state index in [0.29, 0.717) is 28.6 Å². The number of carbonyl (C=O) groups excluding carboxylic acids is 3. The zero-order valence-electron chi connectivity index (χ0n) is 21.4. The lowest BCUT2D eigenvalue weighted by atomic mass is 10.1. The summed E-state index contributed by atoms with van der Waals surface area (Å²) in [5.41, 5.74) is 2.72. The van der Waals surface area contributed by atoms with E-state index in [1.54, 1.807) is 55.5 Å². The molecule has 0 fully saturated rings. The lowest BCUT2D eigenvalue weighted by Gasteiger charge is -2.13. The second-order valence-electron chi connectivity index (χ2n) is 8.23. The van der Waals surface area contributed by atoms with Gasteiger partial charge in [-0.3, -0.25) is 9.36 Å². The molecule has 0 spiro atoms. The Balaban J connectivity index is 1.64. The Morgan fingerprint density at radius 3 is 2.38 bits per heavy atom. The van der Waals surface area contributed by atoms with Gasteiger partial charge in [-0.05, 0) is 43.3 Å². The van der Waals surface area contributed by atoms with Crippen molar-refractivity contribution in [2.24, 2.45) is 0 Å². The number of halogens is 1. The van der Waals surface area contributed by atoms with Crippen molar-refractivity contribution in [3.8, 4) is 22.7 Å². The molecule has 2 heterocycles. The normalized spacial score (nSPS) is 10.5. The standard InChI is InChI=1S/C28H26ClN5O5/c1-4-39-27(36)26-23(33-28(37)31-19-7-5-8-21(15-19)38-3)16-24(29)34(26)20-13-11-18(12-14-20)22-9-6-10-25(32-22)30-17(2)35/h5-16H,4H2,1-3H3,(H,30,32,35)(H2,31,33,37). The molecule has 39 heavy (non-hydrogen) atoms. The van der Waals surface area contributed by atoms with E-state index < -0.39 is 12.0 Å². The lowest BCUT2D eigenvalue weighted by Crippen LogP contribution is -2.22.